The Bertz CT molecular complexity index is 283. The number of ether oxygens (including phenoxy) is 2. The van der Waals surface area contributed by atoms with E-state index >= 15 is 0 Å². The molecule has 2 atom stereocenters. The van der Waals surface area contributed by atoms with Crippen LogP contribution < -0.4 is 0 Å². The summed E-state index contributed by atoms with van der Waals surface area (Å²) < 4.78 is 11.1. The van der Waals surface area contributed by atoms with Gasteiger partial charge >= 0.3 is 0 Å². The van der Waals surface area contributed by atoms with E-state index < -0.39 is 5.60 Å². The van der Waals surface area contributed by atoms with E-state index in [1.165, 1.54) is 0 Å². The number of aliphatic hydroxyl groups is 1. The molecule has 1 aliphatic heterocycles. The zero-order valence-corrected chi connectivity index (χ0v) is 11.1. The van der Waals surface area contributed by atoms with E-state index in [0.29, 0.717) is 18.5 Å². The van der Waals surface area contributed by atoms with Crippen molar-refractivity contribution in [1.29, 1.82) is 0 Å². The number of rotatable bonds is 7. The Morgan fingerprint density at radius 2 is 2.35 bits per heavy atom. The van der Waals surface area contributed by atoms with Crippen molar-refractivity contribution in [3.8, 4) is 0 Å². The van der Waals surface area contributed by atoms with Gasteiger partial charge in [-0.1, -0.05) is 32.8 Å². The average molecular weight is 240 g/mol. The van der Waals surface area contributed by atoms with Crippen molar-refractivity contribution in [2.45, 2.75) is 45.6 Å². The number of allylic oxidation sites excluding steroid dienone is 2. The van der Waals surface area contributed by atoms with Gasteiger partial charge < -0.3 is 14.6 Å². The second-order valence-electron chi connectivity index (χ2n) is 5.03. The number of hydrogen-bond donors (Lipinski definition) is 1. The van der Waals surface area contributed by atoms with Gasteiger partial charge in [-0.15, -0.1) is 0 Å². The monoisotopic (exact) mass is 240 g/mol. The van der Waals surface area contributed by atoms with Gasteiger partial charge in [-0.3, -0.25) is 0 Å². The molecule has 1 rings (SSSR count). The van der Waals surface area contributed by atoms with E-state index in [0.717, 1.165) is 19.3 Å². The Morgan fingerprint density at radius 1 is 1.59 bits per heavy atom. The molecule has 1 aliphatic rings. The highest BCUT2D eigenvalue weighted by Gasteiger charge is 2.29. The first-order chi connectivity index (χ1) is 8.09. The highest BCUT2D eigenvalue weighted by Crippen LogP contribution is 2.27. The van der Waals surface area contributed by atoms with Crippen LogP contribution in [-0.4, -0.2) is 23.9 Å². The molecule has 1 unspecified atom stereocenters. The fraction of sp³-hybridized carbons (Fsp3) is 0.714. The third-order valence-electron chi connectivity index (χ3n) is 2.93. The quantitative estimate of drug-likeness (QED) is 0.743. The van der Waals surface area contributed by atoms with E-state index in [1.54, 1.807) is 6.08 Å². The molecule has 0 saturated carbocycles. The lowest BCUT2D eigenvalue weighted by atomic mass is 9.91. The normalized spacial score (nSPS) is 20.1. The van der Waals surface area contributed by atoms with E-state index in [-0.39, 0.29) is 6.61 Å². The topological polar surface area (TPSA) is 38.7 Å². The van der Waals surface area contributed by atoms with Crippen LogP contribution in [0.2, 0.25) is 0 Å². The minimum Gasteiger partial charge on any atom is -0.461 e. The molecule has 0 bridgehead atoms. The molecule has 0 spiro atoms. The Hall–Kier alpha value is -0.960. The highest BCUT2D eigenvalue weighted by atomic mass is 16.7. The fourth-order valence-electron chi connectivity index (χ4n) is 2.16. The summed E-state index contributed by atoms with van der Waals surface area (Å²) in [5, 5.41) is 9.51. The lowest BCUT2D eigenvalue weighted by molar-refractivity contribution is -0.0964. The molecule has 0 aromatic carbocycles. The van der Waals surface area contributed by atoms with Gasteiger partial charge in [-0.25, -0.2) is 0 Å². The van der Waals surface area contributed by atoms with E-state index in [9.17, 15) is 5.11 Å². The van der Waals surface area contributed by atoms with Crippen molar-refractivity contribution < 1.29 is 14.6 Å². The highest BCUT2D eigenvalue weighted by molar-refractivity contribution is 5.08. The van der Waals surface area contributed by atoms with E-state index in [1.807, 2.05) is 19.1 Å². The summed E-state index contributed by atoms with van der Waals surface area (Å²) in [7, 11) is 0. The molecule has 3 heteroatoms. The van der Waals surface area contributed by atoms with E-state index in [2.05, 4.69) is 13.8 Å². The van der Waals surface area contributed by atoms with Crippen LogP contribution in [-0.2, 0) is 9.47 Å². The first-order valence-electron chi connectivity index (χ1n) is 6.39. The van der Waals surface area contributed by atoms with Gasteiger partial charge in [0.1, 0.15) is 12.2 Å². The van der Waals surface area contributed by atoms with Crippen LogP contribution in [0, 0.1) is 5.92 Å². The van der Waals surface area contributed by atoms with Crippen molar-refractivity contribution in [2.24, 2.45) is 5.92 Å². The second kappa shape index (κ2) is 6.70. The van der Waals surface area contributed by atoms with Gasteiger partial charge in [0.25, 0.3) is 5.95 Å². The maximum absolute atomic E-state index is 9.51. The minimum absolute atomic E-state index is 0.00543. The maximum atomic E-state index is 9.51. The fourth-order valence-corrected chi connectivity index (χ4v) is 2.16. The molecule has 1 heterocycles. The molecule has 1 N–H and O–H groups in total. The van der Waals surface area contributed by atoms with Crippen LogP contribution >= 0.6 is 0 Å². The van der Waals surface area contributed by atoms with E-state index in [4.69, 9.17) is 9.47 Å². The third kappa shape index (κ3) is 4.82. The summed E-state index contributed by atoms with van der Waals surface area (Å²) >= 11 is 0. The Labute approximate surface area is 104 Å². The third-order valence-corrected chi connectivity index (χ3v) is 2.93. The van der Waals surface area contributed by atoms with Crippen LogP contribution in [0.25, 0.3) is 0 Å². The molecular formula is C14H24O3. The summed E-state index contributed by atoms with van der Waals surface area (Å²) in [5.41, 5.74) is -0.550. The molecule has 17 heavy (non-hydrogen) atoms. The molecular weight excluding hydrogens is 216 g/mol. The number of aliphatic hydroxyl groups excluding tert-OH is 1. The molecule has 0 radical (unpaired) electrons. The van der Waals surface area contributed by atoms with Gasteiger partial charge in [0, 0.05) is 6.08 Å². The summed E-state index contributed by atoms with van der Waals surface area (Å²) in [6.45, 7) is 6.84. The van der Waals surface area contributed by atoms with Gasteiger partial charge in [-0.05, 0) is 25.3 Å². The smallest absolute Gasteiger partial charge is 0.280 e. The average Bonchev–Trinajstić information content (AvgIpc) is 2.30. The van der Waals surface area contributed by atoms with Crippen LogP contribution in [0.5, 0.6) is 0 Å². The largest absolute Gasteiger partial charge is 0.461 e. The van der Waals surface area contributed by atoms with Crippen LogP contribution in [0.4, 0.5) is 0 Å². The summed E-state index contributed by atoms with van der Waals surface area (Å²) in [6, 6.07) is 0. The predicted octanol–water partition coefficient (Wildman–Crippen LogP) is 3.01. The molecule has 0 fully saturated rings. The zero-order valence-electron chi connectivity index (χ0n) is 11.1. The molecule has 0 saturated heterocycles. The Balaban J connectivity index is 2.54. The second-order valence-corrected chi connectivity index (χ2v) is 5.03. The standard InChI is InChI=1S/C14H24O3/c1-4-7-12(2)10-14(3,11-15)17-13-8-5-6-9-16-13/h5-6,8,12,15H,4,7,9-11H2,1-3H3/t12-,14?/m1/s1. The van der Waals surface area contributed by atoms with Gasteiger partial charge in [-0.2, -0.15) is 0 Å². The number of hydrogen-bond acceptors (Lipinski definition) is 3. The van der Waals surface area contributed by atoms with Crippen molar-refractivity contribution in [1.82, 2.24) is 0 Å². The Morgan fingerprint density at radius 3 is 2.88 bits per heavy atom. The SMILES string of the molecule is CCC[C@@H](C)CC(C)(CO)OC1=CC=CCO1. The lowest BCUT2D eigenvalue weighted by Gasteiger charge is -2.32. The zero-order chi connectivity index (χ0) is 12.7. The first-order valence-corrected chi connectivity index (χ1v) is 6.39. The molecule has 0 aromatic heterocycles. The minimum atomic E-state index is -0.550. The molecule has 0 aromatic rings. The molecule has 0 amide bonds. The van der Waals surface area contributed by atoms with Crippen molar-refractivity contribution in [3.63, 3.8) is 0 Å². The van der Waals surface area contributed by atoms with Crippen molar-refractivity contribution >= 4 is 0 Å². The summed E-state index contributed by atoms with van der Waals surface area (Å²) in [6.07, 6.45) is 8.77. The summed E-state index contributed by atoms with van der Waals surface area (Å²) in [4.78, 5) is 0. The van der Waals surface area contributed by atoms with Crippen molar-refractivity contribution in [2.75, 3.05) is 13.2 Å². The van der Waals surface area contributed by atoms with Crippen LogP contribution in [0.15, 0.2) is 24.2 Å². The van der Waals surface area contributed by atoms with Crippen molar-refractivity contribution in [3.05, 3.63) is 24.2 Å². The van der Waals surface area contributed by atoms with Crippen LogP contribution in [0.1, 0.15) is 40.0 Å². The van der Waals surface area contributed by atoms with Gasteiger partial charge in [0.2, 0.25) is 0 Å². The first kappa shape index (κ1) is 14.1. The predicted molar refractivity (Wildman–Crippen MR) is 68.4 cm³/mol. The summed E-state index contributed by atoms with van der Waals surface area (Å²) in [5.74, 6) is 1.05. The molecule has 0 aliphatic carbocycles. The maximum Gasteiger partial charge on any atom is 0.280 e. The van der Waals surface area contributed by atoms with Crippen LogP contribution in [0.3, 0.4) is 0 Å². The molecule has 3 nitrogen and oxygen atoms in total. The Kier molecular flexibility index (Phi) is 5.56. The van der Waals surface area contributed by atoms with Gasteiger partial charge in [0.15, 0.2) is 0 Å². The lowest BCUT2D eigenvalue weighted by Crippen LogP contribution is -2.35. The van der Waals surface area contributed by atoms with Gasteiger partial charge in [0.05, 0.1) is 6.61 Å². The molecule has 98 valence electrons.